The van der Waals surface area contributed by atoms with Crippen LogP contribution in [-0.4, -0.2) is 31.0 Å². The molecule has 0 saturated heterocycles. The molecule has 0 saturated carbocycles. The fourth-order valence-corrected chi connectivity index (χ4v) is 2.96. The van der Waals surface area contributed by atoms with Crippen molar-refractivity contribution in [1.29, 1.82) is 0 Å². The summed E-state index contributed by atoms with van der Waals surface area (Å²) in [7, 11) is 1.41. The Hall–Kier alpha value is -2.87. The molecule has 1 heterocycles. The van der Waals surface area contributed by atoms with Gasteiger partial charge >= 0.3 is 6.09 Å². The van der Waals surface area contributed by atoms with Crippen molar-refractivity contribution in [3.63, 3.8) is 0 Å². The molecule has 7 nitrogen and oxygen atoms in total. The van der Waals surface area contributed by atoms with Crippen molar-refractivity contribution in [3.8, 4) is 11.1 Å². The van der Waals surface area contributed by atoms with Gasteiger partial charge in [0.25, 0.3) is 0 Å². The number of benzene rings is 1. The number of oxime groups is 1. The lowest BCUT2D eigenvalue weighted by molar-refractivity contribution is -0.108. The molecule has 8 heteroatoms. The van der Waals surface area contributed by atoms with E-state index in [1.165, 1.54) is 18.4 Å². The average Bonchev–Trinajstić information content (AvgIpc) is 3.03. The Kier molecular flexibility index (Phi) is 6.35. The summed E-state index contributed by atoms with van der Waals surface area (Å²) in [5.41, 5.74) is 1.90. The van der Waals surface area contributed by atoms with E-state index in [-0.39, 0.29) is 0 Å². The minimum atomic E-state index is -0.563. The second-order valence-corrected chi connectivity index (χ2v) is 7.20. The molecule has 0 aliphatic heterocycles. The van der Waals surface area contributed by atoms with Crippen LogP contribution in [0, 0.1) is 0 Å². The second-order valence-electron chi connectivity index (χ2n) is 6.29. The summed E-state index contributed by atoms with van der Waals surface area (Å²) >= 11 is 1.42. The summed E-state index contributed by atoms with van der Waals surface area (Å²) in [6, 6.07) is 9.27. The van der Waals surface area contributed by atoms with Crippen LogP contribution >= 0.6 is 11.3 Å². The highest BCUT2D eigenvalue weighted by Gasteiger charge is 2.16. The third-order valence-electron chi connectivity index (χ3n) is 3.05. The number of carbonyl (C=O) groups is 2. The van der Waals surface area contributed by atoms with E-state index in [9.17, 15) is 9.59 Å². The fraction of sp³-hybridized carbons (Fsp3) is 0.278. The summed E-state index contributed by atoms with van der Waals surface area (Å²) in [5, 5.41) is 10.9. The predicted molar refractivity (Wildman–Crippen MR) is 102 cm³/mol. The quantitative estimate of drug-likeness (QED) is 0.360. The molecule has 2 aromatic rings. The zero-order chi connectivity index (χ0) is 19.2. The van der Waals surface area contributed by atoms with Gasteiger partial charge in [0.05, 0.1) is 4.88 Å². The molecule has 26 heavy (non-hydrogen) atoms. The summed E-state index contributed by atoms with van der Waals surface area (Å²) in [4.78, 5) is 28.1. The van der Waals surface area contributed by atoms with E-state index in [2.05, 4.69) is 15.8 Å². The van der Waals surface area contributed by atoms with Crippen LogP contribution in [0.1, 0.15) is 25.6 Å². The third kappa shape index (κ3) is 5.59. The number of hydrogen-bond acceptors (Lipinski definition) is 6. The molecule has 0 unspecified atom stereocenters. The average molecular weight is 375 g/mol. The maximum Gasteiger partial charge on any atom is 0.412 e. The molecule has 2 rings (SSSR count). The topological polar surface area (TPSA) is 89.0 Å². The van der Waals surface area contributed by atoms with Gasteiger partial charge in [-0.05, 0) is 55.5 Å². The normalized spacial score (nSPS) is 11.6. The van der Waals surface area contributed by atoms with Crippen LogP contribution in [0.15, 0.2) is 40.9 Å². The number of hydrogen-bond donors (Lipinski definition) is 2. The number of amidine groups is 1. The first kappa shape index (κ1) is 19.5. The summed E-state index contributed by atoms with van der Waals surface area (Å²) < 4.78 is 5.26. The maximum atomic E-state index is 11.9. The monoisotopic (exact) mass is 375 g/mol. The first-order chi connectivity index (χ1) is 12.3. The van der Waals surface area contributed by atoms with Gasteiger partial charge < -0.3 is 14.9 Å². The Bertz CT molecular complexity index is 809. The highest BCUT2D eigenvalue weighted by atomic mass is 32.1. The van der Waals surface area contributed by atoms with Gasteiger partial charge in [-0.2, -0.15) is 0 Å². The Morgan fingerprint density at radius 2 is 2.00 bits per heavy atom. The molecular weight excluding hydrogens is 354 g/mol. The van der Waals surface area contributed by atoms with Gasteiger partial charge in [-0.15, -0.1) is 11.3 Å². The molecule has 0 atom stereocenters. The molecule has 0 aliphatic carbocycles. The van der Waals surface area contributed by atoms with Crippen LogP contribution in [0.4, 0.5) is 10.5 Å². The van der Waals surface area contributed by atoms with E-state index in [0.29, 0.717) is 17.9 Å². The lowest BCUT2D eigenvalue weighted by atomic mass is 10.1. The van der Waals surface area contributed by atoms with Crippen LogP contribution in [0.3, 0.4) is 0 Å². The van der Waals surface area contributed by atoms with E-state index in [1.807, 2.05) is 50.4 Å². The summed E-state index contributed by atoms with van der Waals surface area (Å²) in [6.45, 7) is 5.42. The van der Waals surface area contributed by atoms with Crippen LogP contribution in [-0.2, 0) is 14.4 Å². The number of anilines is 1. The molecule has 1 aromatic heterocycles. The molecule has 0 bridgehead atoms. The third-order valence-corrected chi connectivity index (χ3v) is 3.99. The Labute approximate surface area is 156 Å². The van der Waals surface area contributed by atoms with Gasteiger partial charge in [-0.25, -0.2) is 4.79 Å². The van der Waals surface area contributed by atoms with E-state index < -0.39 is 11.7 Å². The number of nitrogens with one attached hydrogen (secondary N) is 2. The number of nitrogens with zero attached hydrogens (tertiary/aromatic N) is 1. The van der Waals surface area contributed by atoms with Gasteiger partial charge in [0.15, 0.2) is 5.84 Å². The molecule has 0 aliphatic rings. The number of ether oxygens (including phenoxy) is 1. The lowest BCUT2D eigenvalue weighted by Crippen LogP contribution is -2.27. The van der Waals surface area contributed by atoms with E-state index in [0.717, 1.165) is 16.0 Å². The molecular formula is C18H21N3O4S. The number of amides is 2. The molecule has 0 radical (unpaired) electrons. The molecule has 0 fully saturated rings. The smallest absolute Gasteiger partial charge is 0.412 e. The van der Waals surface area contributed by atoms with Crippen molar-refractivity contribution in [1.82, 2.24) is 5.32 Å². The maximum absolute atomic E-state index is 11.9. The lowest BCUT2D eigenvalue weighted by Gasteiger charge is -2.19. The van der Waals surface area contributed by atoms with E-state index in [4.69, 9.17) is 9.57 Å². The molecule has 2 amide bonds. The number of rotatable bonds is 5. The van der Waals surface area contributed by atoms with Gasteiger partial charge in [-0.1, -0.05) is 17.3 Å². The molecule has 2 N–H and O–H groups in total. The van der Waals surface area contributed by atoms with Gasteiger partial charge in [0, 0.05) is 5.69 Å². The van der Waals surface area contributed by atoms with Gasteiger partial charge in [0.2, 0.25) is 6.41 Å². The van der Waals surface area contributed by atoms with Crippen molar-refractivity contribution in [2.45, 2.75) is 26.4 Å². The minimum absolute atomic E-state index is 0.335. The largest absolute Gasteiger partial charge is 0.444 e. The second kappa shape index (κ2) is 8.48. The Morgan fingerprint density at radius 1 is 1.23 bits per heavy atom. The van der Waals surface area contributed by atoms with Gasteiger partial charge in [-0.3, -0.25) is 10.1 Å². The van der Waals surface area contributed by atoms with E-state index in [1.54, 1.807) is 6.07 Å². The van der Waals surface area contributed by atoms with Crippen molar-refractivity contribution in [2.75, 3.05) is 12.4 Å². The summed E-state index contributed by atoms with van der Waals surface area (Å²) in [6.07, 6.45) is 0.0353. The first-order valence-electron chi connectivity index (χ1n) is 7.83. The Morgan fingerprint density at radius 3 is 2.65 bits per heavy atom. The van der Waals surface area contributed by atoms with Crippen molar-refractivity contribution >= 4 is 35.4 Å². The van der Waals surface area contributed by atoms with Gasteiger partial charge in [0.1, 0.15) is 12.7 Å². The minimum Gasteiger partial charge on any atom is -0.444 e. The zero-order valence-electron chi connectivity index (χ0n) is 15.0. The molecule has 1 aromatic carbocycles. The van der Waals surface area contributed by atoms with Crippen LogP contribution in [0.5, 0.6) is 0 Å². The number of carbonyl (C=O) groups excluding carboxylic acids is 2. The first-order valence-corrected chi connectivity index (χ1v) is 8.71. The van der Waals surface area contributed by atoms with Crippen LogP contribution in [0.25, 0.3) is 11.1 Å². The SMILES string of the molecule is CO/N=C(\NC=O)c1cc(-c2cccc(NC(=O)OC(C)(C)C)c2)cs1. The molecule has 138 valence electrons. The van der Waals surface area contributed by atoms with Crippen LogP contribution in [0.2, 0.25) is 0 Å². The highest BCUT2D eigenvalue weighted by Crippen LogP contribution is 2.28. The highest BCUT2D eigenvalue weighted by molar-refractivity contribution is 7.12. The van der Waals surface area contributed by atoms with Crippen molar-refractivity contribution < 1.29 is 19.2 Å². The molecule has 0 spiro atoms. The summed E-state index contributed by atoms with van der Waals surface area (Å²) in [5.74, 6) is 0.335. The van der Waals surface area contributed by atoms with E-state index >= 15 is 0 Å². The predicted octanol–water partition coefficient (Wildman–Crippen LogP) is 3.82. The standard InChI is InChI=1S/C18H21N3O4S/c1-18(2,3)25-17(23)20-14-7-5-6-12(8-14)13-9-15(26-10-13)16(19-11-22)21-24-4/h5-11H,1-4H3,(H,20,23)(H,19,21,22). The Balaban J connectivity index is 2.19. The van der Waals surface area contributed by atoms with Crippen molar-refractivity contribution in [2.24, 2.45) is 5.16 Å². The van der Waals surface area contributed by atoms with Crippen LogP contribution < -0.4 is 10.6 Å². The zero-order valence-corrected chi connectivity index (χ0v) is 15.8. The fourth-order valence-electron chi connectivity index (χ4n) is 2.10. The number of thiophene rings is 1. The van der Waals surface area contributed by atoms with Crippen molar-refractivity contribution in [3.05, 3.63) is 40.6 Å².